The molecule has 1 aliphatic carbocycles. The number of ketones is 1. The number of ether oxygens (including phenoxy) is 1. The molecule has 0 N–H and O–H groups in total. The van der Waals surface area contributed by atoms with E-state index in [4.69, 9.17) is 4.74 Å². The maximum atomic E-state index is 12.7. The molecule has 1 aromatic heterocycles. The lowest BCUT2D eigenvalue weighted by Crippen LogP contribution is -2.43. The molecule has 1 fully saturated rings. The number of aryl methyl sites for hydroxylation is 1. The van der Waals surface area contributed by atoms with Crippen LogP contribution >= 0.6 is 0 Å². The molecule has 0 spiro atoms. The number of hydrogen-bond acceptors (Lipinski definition) is 3. The molecule has 4 nitrogen and oxygen atoms in total. The van der Waals surface area contributed by atoms with Crippen LogP contribution in [0.5, 0.6) is 0 Å². The zero-order valence-electron chi connectivity index (χ0n) is 11.3. The second-order valence-electron chi connectivity index (χ2n) is 5.03. The summed E-state index contributed by atoms with van der Waals surface area (Å²) in [7, 11) is 1.66. The van der Waals surface area contributed by atoms with Crippen LogP contribution in [0.3, 0.4) is 0 Å². The minimum Gasteiger partial charge on any atom is -0.370 e. The number of carbonyl (C=O) groups is 1. The summed E-state index contributed by atoms with van der Waals surface area (Å²) in [6.07, 6.45) is 7.69. The molecule has 100 valence electrons. The van der Waals surface area contributed by atoms with Gasteiger partial charge in [0, 0.05) is 19.9 Å². The first-order valence-electron chi connectivity index (χ1n) is 6.85. The monoisotopic (exact) mass is 250 g/mol. The van der Waals surface area contributed by atoms with E-state index in [0.29, 0.717) is 5.69 Å². The largest absolute Gasteiger partial charge is 0.370 e. The number of hydrogen-bond donors (Lipinski definition) is 0. The molecular formula is C14H22N2O2. The summed E-state index contributed by atoms with van der Waals surface area (Å²) in [6.45, 7) is 2.87. The summed E-state index contributed by atoms with van der Waals surface area (Å²) >= 11 is 0. The molecule has 1 aromatic rings. The third-order valence-electron chi connectivity index (χ3n) is 3.85. The van der Waals surface area contributed by atoms with E-state index in [1.54, 1.807) is 18.0 Å². The summed E-state index contributed by atoms with van der Waals surface area (Å²) in [5.41, 5.74) is 0.0876. The summed E-state index contributed by atoms with van der Waals surface area (Å²) in [4.78, 5) is 12.7. The van der Waals surface area contributed by atoms with Gasteiger partial charge in [-0.25, -0.2) is 0 Å². The molecule has 4 heteroatoms. The standard InChI is InChI=1S/C14H22N2O2/c1-3-11-16-12(7-10-15-16)13(17)14(18-2)8-5-4-6-9-14/h7,10H,3-6,8-9,11H2,1-2H3. The van der Waals surface area contributed by atoms with Crippen LogP contribution in [0.2, 0.25) is 0 Å². The Hall–Kier alpha value is -1.16. The molecule has 0 amide bonds. The van der Waals surface area contributed by atoms with Crippen molar-refractivity contribution in [3.05, 3.63) is 18.0 Å². The fourth-order valence-corrected chi connectivity index (χ4v) is 2.80. The number of carbonyl (C=O) groups excluding carboxylic acids is 1. The van der Waals surface area contributed by atoms with E-state index in [0.717, 1.165) is 38.6 Å². The van der Waals surface area contributed by atoms with Crippen molar-refractivity contribution in [1.82, 2.24) is 9.78 Å². The Morgan fingerprint density at radius 3 is 2.78 bits per heavy atom. The lowest BCUT2D eigenvalue weighted by atomic mass is 9.80. The summed E-state index contributed by atoms with van der Waals surface area (Å²) in [6, 6.07) is 1.81. The number of Topliss-reactive ketones (excluding diaryl/α,β-unsaturated/α-hetero) is 1. The molecule has 2 rings (SSSR count). The summed E-state index contributed by atoms with van der Waals surface area (Å²) < 4.78 is 7.41. The molecule has 0 bridgehead atoms. The van der Waals surface area contributed by atoms with Crippen molar-refractivity contribution in [3.63, 3.8) is 0 Å². The predicted molar refractivity (Wildman–Crippen MR) is 69.7 cm³/mol. The minimum absolute atomic E-state index is 0.107. The van der Waals surface area contributed by atoms with E-state index in [1.165, 1.54) is 6.42 Å². The Labute approximate surface area is 108 Å². The summed E-state index contributed by atoms with van der Waals surface area (Å²) in [5, 5.41) is 4.23. The molecule has 0 aromatic carbocycles. The molecule has 18 heavy (non-hydrogen) atoms. The molecule has 0 unspecified atom stereocenters. The van der Waals surface area contributed by atoms with Crippen molar-refractivity contribution >= 4 is 5.78 Å². The third kappa shape index (κ3) is 2.34. The number of nitrogens with zero attached hydrogens (tertiary/aromatic N) is 2. The first-order valence-corrected chi connectivity index (χ1v) is 6.85. The average molecular weight is 250 g/mol. The Kier molecular flexibility index (Phi) is 4.17. The van der Waals surface area contributed by atoms with Gasteiger partial charge in [0.15, 0.2) is 0 Å². The van der Waals surface area contributed by atoms with Crippen LogP contribution in [-0.2, 0) is 11.3 Å². The zero-order valence-corrected chi connectivity index (χ0v) is 11.3. The number of aromatic nitrogens is 2. The van der Waals surface area contributed by atoms with E-state index in [1.807, 2.05) is 6.07 Å². The number of methoxy groups -OCH3 is 1. The SMILES string of the molecule is CCCn1nccc1C(=O)C1(OC)CCCCC1. The second-order valence-corrected chi connectivity index (χ2v) is 5.03. The van der Waals surface area contributed by atoms with Gasteiger partial charge < -0.3 is 4.74 Å². The van der Waals surface area contributed by atoms with Gasteiger partial charge in [-0.3, -0.25) is 9.48 Å². The quantitative estimate of drug-likeness (QED) is 0.755. The van der Waals surface area contributed by atoms with E-state index >= 15 is 0 Å². The van der Waals surface area contributed by atoms with Gasteiger partial charge in [-0.1, -0.05) is 26.2 Å². The van der Waals surface area contributed by atoms with E-state index in [9.17, 15) is 4.79 Å². The maximum absolute atomic E-state index is 12.7. The van der Waals surface area contributed by atoms with Crippen LogP contribution in [0.15, 0.2) is 12.3 Å². The molecule has 1 saturated carbocycles. The molecule has 0 aliphatic heterocycles. The normalized spacial score (nSPS) is 18.8. The van der Waals surface area contributed by atoms with Crippen molar-refractivity contribution in [1.29, 1.82) is 0 Å². The van der Waals surface area contributed by atoms with Crippen molar-refractivity contribution < 1.29 is 9.53 Å². The first-order chi connectivity index (χ1) is 8.73. The predicted octanol–water partition coefficient (Wildman–Crippen LogP) is 2.83. The first kappa shape index (κ1) is 13.3. The Balaban J connectivity index is 2.25. The second kappa shape index (κ2) is 5.65. The van der Waals surface area contributed by atoms with Crippen LogP contribution < -0.4 is 0 Å². The van der Waals surface area contributed by atoms with Crippen molar-refractivity contribution in [3.8, 4) is 0 Å². The third-order valence-corrected chi connectivity index (χ3v) is 3.85. The Bertz CT molecular complexity index is 406. The van der Waals surface area contributed by atoms with Gasteiger partial charge in [0.2, 0.25) is 5.78 Å². The van der Waals surface area contributed by atoms with Crippen molar-refractivity contribution in [2.24, 2.45) is 0 Å². The van der Waals surface area contributed by atoms with Gasteiger partial charge in [0.05, 0.1) is 0 Å². The fraction of sp³-hybridized carbons (Fsp3) is 0.714. The van der Waals surface area contributed by atoms with Crippen LogP contribution in [0.1, 0.15) is 55.9 Å². The van der Waals surface area contributed by atoms with Crippen LogP contribution in [0.25, 0.3) is 0 Å². The highest BCUT2D eigenvalue weighted by Gasteiger charge is 2.41. The highest BCUT2D eigenvalue weighted by Crippen LogP contribution is 2.34. The highest BCUT2D eigenvalue weighted by molar-refractivity contribution is 6.01. The number of rotatable bonds is 5. The van der Waals surface area contributed by atoms with E-state index in [2.05, 4.69) is 12.0 Å². The maximum Gasteiger partial charge on any atom is 0.212 e. The van der Waals surface area contributed by atoms with Crippen LogP contribution in [0, 0.1) is 0 Å². The summed E-state index contributed by atoms with van der Waals surface area (Å²) in [5.74, 6) is 0.107. The highest BCUT2D eigenvalue weighted by atomic mass is 16.5. The molecule has 1 aliphatic rings. The molecule has 1 heterocycles. The van der Waals surface area contributed by atoms with Crippen LogP contribution in [0.4, 0.5) is 0 Å². The van der Waals surface area contributed by atoms with Crippen molar-refractivity contribution in [2.75, 3.05) is 7.11 Å². The van der Waals surface area contributed by atoms with E-state index < -0.39 is 5.60 Å². The van der Waals surface area contributed by atoms with Gasteiger partial charge >= 0.3 is 0 Å². The Morgan fingerprint density at radius 1 is 1.44 bits per heavy atom. The zero-order chi connectivity index (χ0) is 13.0. The lowest BCUT2D eigenvalue weighted by Gasteiger charge is -2.34. The smallest absolute Gasteiger partial charge is 0.212 e. The average Bonchev–Trinajstić information content (AvgIpc) is 2.87. The molecule has 0 atom stereocenters. The van der Waals surface area contributed by atoms with Crippen molar-refractivity contribution in [2.45, 2.75) is 57.6 Å². The van der Waals surface area contributed by atoms with Gasteiger partial charge in [0.1, 0.15) is 11.3 Å². The topological polar surface area (TPSA) is 44.1 Å². The van der Waals surface area contributed by atoms with E-state index in [-0.39, 0.29) is 5.78 Å². The van der Waals surface area contributed by atoms with Gasteiger partial charge in [-0.2, -0.15) is 5.10 Å². The lowest BCUT2D eigenvalue weighted by molar-refractivity contribution is -0.0201. The molecule has 0 radical (unpaired) electrons. The Morgan fingerprint density at radius 2 is 2.17 bits per heavy atom. The fourth-order valence-electron chi connectivity index (χ4n) is 2.80. The molecular weight excluding hydrogens is 228 g/mol. The molecule has 0 saturated heterocycles. The minimum atomic E-state index is -0.607. The van der Waals surface area contributed by atoms with Gasteiger partial charge in [-0.05, 0) is 25.3 Å². The van der Waals surface area contributed by atoms with Crippen LogP contribution in [-0.4, -0.2) is 28.3 Å². The van der Waals surface area contributed by atoms with Gasteiger partial charge in [0.25, 0.3) is 0 Å². The van der Waals surface area contributed by atoms with Gasteiger partial charge in [-0.15, -0.1) is 0 Å².